The van der Waals surface area contributed by atoms with Crippen LogP contribution < -0.4 is 0 Å². The second-order valence-corrected chi connectivity index (χ2v) is 3.66. The fraction of sp³-hybridized carbons (Fsp3) is 0.231. The van der Waals surface area contributed by atoms with Crippen LogP contribution in [0, 0.1) is 6.92 Å². The van der Waals surface area contributed by atoms with Crippen LogP contribution in [0.2, 0.25) is 0 Å². The van der Waals surface area contributed by atoms with Crippen LogP contribution in [0.4, 0.5) is 0 Å². The van der Waals surface area contributed by atoms with Gasteiger partial charge in [-0.2, -0.15) is 0 Å². The highest BCUT2D eigenvalue weighted by molar-refractivity contribution is 5.58. The topological polar surface area (TPSA) is 46.0 Å². The molecule has 0 spiro atoms. The maximum Gasteiger partial charge on any atom is 0.125 e. The number of rotatable bonds is 3. The molecule has 0 amide bonds. The third-order valence-electron chi connectivity index (χ3n) is 2.43. The predicted molar refractivity (Wildman–Crippen MR) is 63.0 cm³/mol. The van der Waals surface area contributed by atoms with Gasteiger partial charge in [-0.3, -0.25) is 0 Å². The summed E-state index contributed by atoms with van der Waals surface area (Å²) < 4.78 is 0. The molecule has 0 aliphatic heterocycles. The highest BCUT2D eigenvalue weighted by Gasteiger charge is 2.00. The fourth-order valence-corrected chi connectivity index (χ4v) is 1.59. The van der Waals surface area contributed by atoms with Crippen LogP contribution in [0.25, 0.3) is 11.3 Å². The van der Waals surface area contributed by atoms with Crippen LogP contribution in [-0.2, 0) is 6.42 Å². The van der Waals surface area contributed by atoms with E-state index in [0.717, 1.165) is 22.6 Å². The van der Waals surface area contributed by atoms with Gasteiger partial charge >= 0.3 is 0 Å². The SMILES string of the molecule is Cc1nccc(-c2ccc(CCO)cc2)n1. The lowest BCUT2D eigenvalue weighted by molar-refractivity contribution is 0.299. The largest absolute Gasteiger partial charge is 0.396 e. The van der Waals surface area contributed by atoms with Crippen molar-refractivity contribution in [1.82, 2.24) is 9.97 Å². The van der Waals surface area contributed by atoms with E-state index in [-0.39, 0.29) is 6.61 Å². The van der Waals surface area contributed by atoms with E-state index in [1.807, 2.05) is 37.3 Å². The average Bonchev–Trinajstić information content (AvgIpc) is 2.30. The van der Waals surface area contributed by atoms with Crippen molar-refractivity contribution in [2.45, 2.75) is 13.3 Å². The lowest BCUT2D eigenvalue weighted by atomic mass is 10.1. The summed E-state index contributed by atoms with van der Waals surface area (Å²) in [5.74, 6) is 0.775. The maximum absolute atomic E-state index is 8.82. The van der Waals surface area contributed by atoms with Crippen molar-refractivity contribution in [1.29, 1.82) is 0 Å². The minimum absolute atomic E-state index is 0.186. The van der Waals surface area contributed by atoms with Crippen LogP contribution in [0.1, 0.15) is 11.4 Å². The summed E-state index contributed by atoms with van der Waals surface area (Å²) in [6.07, 6.45) is 2.46. The van der Waals surface area contributed by atoms with Crippen molar-refractivity contribution in [3.05, 3.63) is 47.9 Å². The Morgan fingerprint density at radius 2 is 1.88 bits per heavy atom. The summed E-state index contributed by atoms with van der Waals surface area (Å²) in [7, 11) is 0. The van der Waals surface area contributed by atoms with E-state index >= 15 is 0 Å². The Balaban J connectivity index is 2.27. The highest BCUT2D eigenvalue weighted by Crippen LogP contribution is 2.17. The molecule has 0 saturated carbocycles. The molecule has 3 nitrogen and oxygen atoms in total. The minimum Gasteiger partial charge on any atom is -0.396 e. The van der Waals surface area contributed by atoms with E-state index in [9.17, 15) is 0 Å². The monoisotopic (exact) mass is 214 g/mol. The highest BCUT2D eigenvalue weighted by atomic mass is 16.2. The van der Waals surface area contributed by atoms with E-state index in [2.05, 4.69) is 9.97 Å². The summed E-state index contributed by atoms with van der Waals surface area (Å²) in [4.78, 5) is 8.43. The standard InChI is InChI=1S/C13H14N2O/c1-10-14-8-6-13(15-10)12-4-2-11(3-5-12)7-9-16/h2-6,8,16H,7,9H2,1H3. The summed E-state index contributed by atoms with van der Waals surface area (Å²) in [5, 5.41) is 8.82. The van der Waals surface area contributed by atoms with E-state index < -0.39 is 0 Å². The van der Waals surface area contributed by atoms with Crippen molar-refractivity contribution in [2.24, 2.45) is 0 Å². The third kappa shape index (κ3) is 2.44. The van der Waals surface area contributed by atoms with Gasteiger partial charge in [0.25, 0.3) is 0 Å². The van der Waals surface area contributed by atoms with Crippen molar-refractivity contribution in [3.63, 3.8) is 0 Å². The zero-order valence-corrected chi connectivity index (χ0v) is 9.22. The zero-order valence-electron chi connectivity index (χ0n) is 9.22. The Labute approximate surface area is 94.8 Å². The molecule has 0 fully saturated rings. The third-order valence-corrected chi connectivity index (χ3v) is 2.43. The molecule has 0 atom stereocenters. The van der Waals surface area contributed by atoms with Crippen LogP contribution in [0.5, 0.6) is 0 Å². The predicted octanol–water partition coefficient (Wildman–Crippen LogP) is 1.99. The molecule has 0 radical (unpaired) electrons. The van der Waals surface area contributed by atoms with E-state index in [1.165, 1.54) is 0 Å². The number of aliphatic hydroxyl groups excluding tert-OH is 1. The zero-order chi connectivity index (χ0) is 11.4. The number of hydrogen-bond acceptors (Lipinski definition) is 3. The molecule has 0 aliphatic carbocycles. The molecule has 2 aromatic rings. The first-order valence-electron chi connectivity index (χ1n) is 5.29. The molecular formula is C13H14N2O. The van der Waals surface area contributed by atoms with E-state index in [0.29, 0.717) is 6.42 Å². The van der Waals surface area contributed by atoms with Gasteiger partial charge in [0.15, 0.2) is 0 Å². The molecule has 16 heavy (non-hydrogen) atoms. The molecule has 1 heterocycles. The second-order valence-electron chi connectivity index (χ2n) is 3.66. The van der Waals surface area contributed by atoms with Crippen molar-refractivity contribution >= 4 is 0 Å². The maximum atomic E-state index is 8.82. The van der Waals surface area contributed by atoms with Crippen LogP contribution >= 0.6 is 0 Å². The molecule has 0 saturated heterocycles. The van der Waals surface area contributed by atoms with Gasteiger partial charge in [0.2, 0.25) is 0 Å². The van der Waals surface area contributed by atoms with Gasteiger partial charge in [0.1, 0.15) is 5.82 Å². The van der Waals surface area contributed by atoms with Gasteiger partial charge in [-0.15, -0.1) is 0 Å². The normalized spacial score (nSPS) is 10.4. The minimum atomic E-state index is 0.186. The van der Waals surface area contributed by atoms with Gasteiger partial charge < -0.3 is 5.11 Å². The Hall–Kier alpha value is -1.74. The Bertz CT molecular complexity index is 466. The number of hydrogen-bond donors (Lipinski definition) is 1. The first-order chi connectivity index (χ1) is 7.79. The number of benzene rings is 1. The molecule has 1 aromatic carbocycles. The lowest BCUT2D eigenvalue weighted by Gasteiger charge is -2.03. The fourth-order valence-electron chi connectivity index (χ4n) is 1.59. The van der Waals surface area contributed by atoms with Gasteiger partial charge in [-0.25, -0.2) is 9.97 Å². The molecule has 0 aliphatic rings. The molecule has 1 aromatic heterocycles. The van der Waals surface area contributed by atoms with Gasteiger partial charge in [-0.1, -0.05) is 24.3 Å². The lowest BCUT2D eigenvalue weighted by Crippen LogP contribution is -1.92. The molecular weight excluding hydrogens is 200 g/mol. The van der Waals surface area contributed by atoms with Crippen molar-refractivity contribution in [3.8, 4) is 11.3 Å². The quantitative estimate of drug-likeness (QED) is 0.849. The number of nitrogens with zero attached hydrogens (tertiary/aromatic N) is 2. The van der Waals surface area contributed by atoms with E-state index in [4.69, 9.17) is 5.11 Å². The molecule has 0 unspecified atom stereocenters. The van der Waals surface area contributed by atoms with Crippen LogP contribution in [0.15, 0.2) is 36.5 Å². The second kappa shape index (κ2) is 4.86. The Morgan fingerprint density at radius 3 is 2.50 bits per heavy atom. The first-order valence-corrected chi connectivity index (χ1v) is 5.29. The van der Waals surface area contributed by atoms with Gasteiger partial charge in [0, 0.05) is 18.4 Å². The number of aryl methyl sites for hydroxylation is 1. The van der Waals surface area contributed by atoms with Crippen molar-refractivity contribution in [2.75, 3.05) is 6.61 Å². The summed E-state index contributed by atoms with van der Waals surface area (Å²) in [6.45, 7) is 2.07. The smallest absolute Gasteiger partial charge is 0.125 e. The van der Waals surface area contributed by atoms with Crippen LogP contribution in [-0.4, -0.2) is 21.7 Å². The summed E-state index contributed by atoms with van der Waals surface area (Å²) in [6, 6.07) is 9.97. The summed E-state index contributed by atoms with van der Waals surface area (Å²) in [5.41, 5.74) is 3.15. The Kier molecular flexibility index (Phi) is 3.27. The summed E-state index contributed by atoms with van der Waals surface area (Å²) >= 11 is 0. The number of aromatic nitrogens is 2. The molecule has 0 bridgehead atoms. The average molecular weight is 214 g/mol. The number of aliphatic hydroxyl groups is 1. The van der Waals surface area contributed by atoms with E-state index in [1.54, 1.807) is 6.20 Å². The molecule has 2 rings (SSSR count). The Morgan fingerprint density at radius 1 is 1.12 bits per heavy atom. The van der Waals surface area contributed by atoms with Crippen LogP contribution in [0.3, 0.4) is 0 Å². The molecule has 3 heteroatoms. The first kappa shape index (κ1) is 10.8. The van der Waals surface area contributed by atoms with Gasteiger partial charge in [0.05, 0.1) is 5.69 Å². The van der Waals surface area contributed by atoms with Gasteiger partial charge in [-0.05, 0) is 25.0 Å². The molecule has 1 N–H and O–H groups in total. The molecule has 82 valence electrons. The van der Waals surface area contributed by atoms with Crippen molar-refractivity contribution < 1.29 is 5.11 Å².